The number of aliphatic hydroxyl groups excluding tert-OH is 1. The van der Waals surface area contributed by atoms with Crippen molar-refractivity contribution in [3.63, 3.8) is 0 Å². The van der Waals surface area contributed by atoms with Crippen LogP contribution in [0.1, 0.15) is 20.3 Å². The topological polar surface area (TPSA) is 61.4 Å². The van der Waals surface area contributed by atoms with Gasteiger partial charge in [-0.2, -0.15) is 0 Å². The molecule has 19 heavy (non-hydrogen) atoms. The second kappa shape index (κ2) is 7.70. The Morgan fingerprint density at radius 2 is 1.89 bits per heavy atom. The molecule has 0 aromatic heterocycles. The minimum absolute atomic E-state index is 0.0486. The van der Waals surface area contributed by atoms with Gasteiger partial charge in [0, 0.05) is 6.04 Å². The lowest BCUT2D eigenvalue weighted by Gasteiger charge is -2.15. The van der Waals surface area contributed by atoms with Crippen LogP contribution in [0.3, 0.4) is 0 Å². The number of benzene rings is 1. The maximum atomic E-state index is 11.8. The predicted molar refractivity (Wildman–Crippen MR) is 78.9 cm³/mol. The number of hydrogen-bond donors (Lipinski definition) is 3. The highest BCUT2D eigenvalue weighted by molar-refractivity contribution is 6.39. The summed E-state index contributed by atoms with van der Waals surface area (Å²) in [6.45, 7) is 3.75. The average Bonchev–Trinajstić information content (AvgIpc) is 2.30. The number of anilines is 1. The van der Waals surface area contributed by atoms with E-state index in [4.69, 9.17) is 23.2 Å². The molecule has 0 saturated carbocycles. The Bertz CT molecular complexity index is 418. The van der Waals surface area contributed by atoms with Crippen molar-refractivity contribution in [3.8, 4) is 0 Å². The van der Waals surface area contributed by atoms with E-state index in [-0.39, 0.29) is 18.5 Å². The van der Waals surface area contributed by atoms with Gasteiger partial charge < -0.3 is 15.7 Å². The molecule has 1 aromatic carbocycles. The quantitative estimate of drug-likeness (QED) is 0.757. The zero-order valence-electron chi connectivity index (χ0n) is 10.9. The lowest BCUT2D eigenvalue weighted by molar-refractivity contribution is -0.115. The Hall–Kier alpha value is -0.810. The molecule has 106 valence electrons. The van der Waals surface area contributed by atoms with E-state index >= 15 is 0 Å². The van der Waals surface area contributed by atoms with Gasteiger partial charge in [0.25, 0.3) is 0 Å². The summed E-state index contributed by atoms with van der Waals surface area (Å²) in [5.74, 6) is -0.229. The third-order valence-corrected chi connectivity index (χ3v) is 3.16. The normalized spacial score (nSPS) is 13.9. The summed E-state index contributed by atoms with van der Waals surface area (Å²) in [5, 5.41) is 15.7. The number of carbonyl (C=O) groups is 1. The van der Waals surface area contributed by atoms with Crippen molar-refractivity contribution in [1.29, 1.82) is 0 Å². The van der Waals surface area contributed by atoms with Crippen LogP contribution in [-0.4, -0.2) is 29.7 Å². The molecule has 0 saturated heterocycles. The maximum absolute atomic E-state index is 11.8. The van der Waals surface area contributed by atoms with Crippen LogP contribution in [0.15, 0.2) is 18.2 Å². The number of nitrogens with one attached hydrogen (secondary N) is 2. The average molecular weight is 305 g/mol. The first-order chi connectivity index (χ1) is 8.90. The van der Waals surface area contributed by atoms with E-state index in [1.165, 1.54) is 0 Å². The molecule has 0 aliphatic rings. The smallest absolute Gasteiger partial charge is 0.238 e. The van der Waals surface area contributed by atoms with Crippen LogP contribution in [0.25, 0.3) is 0 Å². The van der Waals surface area contributed by atoms with Crippen molar-refractivity contribution in [2.45, 2.75) is 32.4 Å². The first kappa shape index (κ1) is 16.2. The fraction of sp³-hybridized carbons (Fsp3) is 0.462. The fourth-order valence-corrected chi connectivity index (χ4v) is 2.15. The highest BCUT2D eigenvalue weighted by atomic mass is 35.5. The summed E-state index contributed by atoms with van der Waals surface area (Å²) in [4.78, 5) is 11.8. The van der Waals surface area contributed by atoms with Gasteiger partial charge in [-0.15, -0.1) is 0 Å². The third kappa shape index (κ3) is 5.78. The molecule has 1 amide bonds. The van der Waals surface area contributed by atoms with Gasteiger partial charge in [-0.25, -0.2) is 0 Å². The van der Waals surface area contributed by atoms with E-state index in [1.807, 2.05) is 6.92 Å². The van der Waals surface area contributed by atoms with Gasteiger partial charge in [-0.1, -0.05) is 29.3 Å². The summed E-state index contributed by atoms with van der Waals surface area (Å²) >= 11 is 11.9. The molecule has 1 rings (SSSR count). The first-order valence-corrected chi connectivity index (χ1v) is 6.81. The van der Waals surface area contributed by atoms with Gasteiger partial charge in [-0.05, 0) is 32.4 Å². The van der Waals surface area contributed by atoms with Gasteiger partial charge >= 0.3 is 0 Å². The summed E-state index contributed by atoms with van der Waals surface area (Å²) in [7, 11) is 0. The number of para-hydroxylation sites is 1. The molecular weight excluding hydrogens is 287 g/mol. The largest absolute Gasteiger partial charge is 0.393 e. The molecule has 2 atom stereocenters. The van der Waals surface area contributed by atoms with Crippen molar-refractivity contribution in [2.75, 3.05) is 11.9 Å². The molecular formula is C13H18Cl2N2O2. The maximum Gasteiger partial charge on any atom is 0.238 e. The number of halogens is 2. The minimum atomic E-state index is -0.399. The Kier molecular flexibility index (Phi) is 6.58. The van der Waals surface area contributed by atoms with Crippen LogP contribution >= 0.6 is 23.2 Å². The summed E-state index contributed by atoms with van der Waals surface area (Å²) in [6.07, 6.45) is 0.184. The molecule has 4 nitrogen and oxygen atoms in total. The van der Waals surface area contributed by atoms with Crippen LogP contribution in [0, 0.1) is 0 Å². The van der Waals surface area contributed by atoms with Gasteiger partial charge in [0.2, 0.25) is 5.91 Å². The molecule has 2 unspecified atom stereocenters. The van der Waals surface area contributed by atoms with Crippen molar-refractivity contribution >= 4 is 34.8 Å². The lowest BCUT2D eigenvalue weighted by atomic mass is 10.1. The SMILES string of the molecule is CC(O)CC(C)NCC(=O)Nc1c(Cl)cccc1Cl. The van der Waals surface area contributed by atoms with E-state index in [0.717, 1.165) is 0 Å². The molecule has 1 aromatic rings. The summed E-state index contributed by atoms with van der Waals surface area (Å²) in [6, 6.07) is 5.08. The van der Waals surface area contributed by atoms with Crippen LogP contribution in [0.5, 0.6) is 0 Å². The first-order valence-electron chi connectivity index (χ1n) is 6.05. The van der Waals surface area contributed by atoms with Gasteiger partial charge in [0.05, 0.1) is 28.4 Å². The fourth-order valence-electron chi connectivity index (χ4n) is 1.66. The Morgan fingerprint density at radius 1 is 1.32 bits per heavy atom. The predicted octanol–water partition coefficient (Wildman–Crippen LogP) is 2.68. The van der Waals surface area contributed by atoms with Gasteiger partial charge in [-0.3, -0.25) is 4.79 Å². The zero-order chi connectivity index (χ0) is 14.4. The highest BCUT2D eigenvalue weighted by Crippen LogP contribution is 2.29. The van der Waals surface area contributed by atoms with Crippen LogP contribution in [0.2, 0.25) is 10.0 Å². The van der Waals surface area contributed by atoms with Crippen molar-refractivity contribution in [1.82, 2.24) is 5.32 Å². The summed E-state index contributed by atoms with van der Waals surface area (Å²) < 4.78 is 0. The Morgan fingerprint density at radius 3 is 2.42 bits per heavy atom. The number of carbonyl (C=O) groups excluding carboxylic acids is 1. The number of hydrogen-bond acceptors (Lipinski definition) is 3. The molecule has 0 radical (unpaired) electrons. The summed E-state index contributed by atoms with van der Waals surface area (Å²) in [5.41, 5.74) is 0.417. The number of rotatable bonds is 6. The molecule has 0 aliphatic carbocycles. The number of aliphatic hydroxyl groups is 1. The Labute approximate surface area is 123 Å². The van der Waals surface area contributed by atoms with Gasteiger partial charge in [0.1, 0.15) is 0 Å². The van der Waals surface area contributed by atoms with E-state index in [0.29, 0.717) is 22.2 Å². The molecule has 6 heteroatoms. The third-order valence-electron chi connectivity index (χ3n) is 2.53. The standard InChI is InChI=1S/C13H18Cl2N2O2/c1-8(6-9(2)18)16-7-12(19)17-13-10(14)4-3-5-11(13)15/h3-5,8-9,16,18H,6-7H2,1-2H3,(H,17,19). The second-order valence-corrected chi connectivity index (χ2v) is 5.33. The second-order valence-electron chi connectivity index (χ2n) is 4.51. The highest BCUT2D eigenvalue weighted by Gasteiger charge is 2.11. The monoisotopic (exact) mass is 304 g/mol. The molecule has 0 fully saturated rings. The molecule has 0 bridgehead atoms. The minimum Gasteiger partial charge on any atom is -0.393 e. The molecule has 0 heterocycles. The van der Waals surface area contributed by atoms with Crippen LogP contribution < -0.4 is 10.6 Å². The van der Waals surface area contributed by atoms with E-state index in [1.54, 1.807) is 25.1 Å². The van der Waals surface area contributed by atoms with Gasteiger partial charge in [0.15, 0.2) is 0 Å². The van der Waals surface area contributed by atoms with Crippen LogP contribution in [0.4, 0.5) is 5.69 Å². The molecule has 0 spiro atoms. The van der Waals surface area contributed by atoms with E-state index in [2.05, 4.69) is 10.6 Å². The number of amides is 1. The van der Waals surface area contributed by atoms with Crippen molar-refractivity contribution < 1.29 is 9.90 Å². The van der Waals surface area contributed by atoms with Crippen molar-refractivity contribution in [2.24, 2.45) is 0 Å². The lowest BCUT2D eigenvalue weighted by Crippen LogP contribution is -2.36. The van der Waals surface area contributed by atoms with E-state index in [9.17, 15) is 9.90 Å². The zero-order valence-corrected chi connectivity index (χ0v) is 12.4. The van der Waals surface area contributed by atoms with E-state index < -0.39 is 6.10 Å². The Balaban J connectivity index is 2.48. The molecule has 0 aliphatic heterocycles. The molecule has 3 N–H and O–H groups in total. The van der Waals surface area contributed by atoms with Crippen molar-refractivity contribution in [3.05, 3.63) is 28.2 Å². The van der Waals surface area contributed by atoms with Crippen LogP contribution in [-0.2, 0) is 4.79 Å².